The Kier molecular flexibility index (Phi) is 3.54. The van der Waals surface area contributed by atoms with Gasteiger partial charge in [-0.05, 0) is 0 Å². The number of fused-ring (bicyclic) bond motifs is 3. The minimum atomic E-state index is -1.69. The van der Waals surface area contributed by atoms with Gasteiger partial charge >= 0.3 is 112 Å². The molecular weight excluding hydrogens is 406 g/mol. The van der Waals surface area contributed by atoms with E-state index in [9.17, 15) is 0 Å². The molecule has 0 spiro atoms. The molecule has 0 saturated heterocycles. The molecule has 0 unspecified atom stereocenters. The summed E-state index contributed by atoms with van der Waals surface area (Å²) in [5.41, 5.74) is 0. The van der Waals surface area contributed by atoms with Crippen LogP contribution in [0.1, 0.15) is 38.5 Å². The minimum absolute atomic E-state index is 0.910. The molecule has 2 heteroatoms. The summed E-state index contributed by atoms with van der Waals surface area (Å²) in [5, 5.41) is 0. The van der Waals surface area contributed by atoms with Crippen molar-refractivity contribution in [2.45, 2.75) is 75.0 Å². The Labute approximate surface area is 111 Å². The van der Waals surface area contributed by atoms with Crippen molar-refractivity contribution < 1.29 is 0 Å². The average molecular weight is 436 g/mol. The topological polar surface area (TPSA) is 0 Å². The zero-order valence-corrected chi connectivity index (χ0v) is 18.0. The average Bonchev–Trinajstić information content (AvgIpc) is 2.17. The van der Waals surface area contributed by atoms with Crippen LogP contribution in [-0.2, 0) is 0 Å². The zero-order valence-electron chi connectivity index (χ0n) is 12.2. The van der Waals surface area contributed by atoms with Crippen LogP contribution in [0.5, 0.6) is 0 Å². The third-order valence-corrected chi connectivity index (χ3v) is 28.9. The van der Waals surface area contributed by atoms with Crippen LogP contribution in [0, 0.1) is 0 Å². The molecule has 0 N–H and O–H groups in total. The maximum absolute atomic E-state index is 2.69. The van der Waals surface area contributed by atoms with Gasteiger partial charge in [-0.2, -0.15) is 0 Å². The van der Waals surface area contributed by atoms with Gasteiger partial charge in [0.05, 0.1) is 0 Å². The molecule has 16 heavy (non-hydrogen) atoms. The van der Waals surface area contributed by atoms with Crippen LogP contribution in [0.2, 0.25) is 36.5 Å². The van der Waals surface area contributed by atoms with E-state index in [0.29, 0.717) is 0 Å². The second-order valence-electron chi connectivity index (χ2n) is 8.56. The van der Waals surface area contributed by atoms with Gasteiger partial charge in [-0.25, -0.2) is 0 Å². The molecule has 3 aliphatic rings. The summed E-state index contributed by atoms with van der Waals surface area (Å²) >= 11 is -3.38. The van der Waals surface area contributed by atoms with E-state index in [2.05, 4.69) is 29.6 Å². The van der Waals surface area contributed by atoms with E-state index in [4.69, 9.17) is 0 Å². The first-order valence-electron chi connectivity index (χ1n) is 7.12. The Morgan fingerprint density at radius 1 is 0.500 bits per heavy atom. The summed E-state index contributed by atoms with van der Waals surface area (Å²) in [6.45, 7) is 0. The van der Waals surface area contributed by atoms with Crippen molar-refractivity contribution in [3.05, 3.63) is 0 Å². The molecule has 3 aliphatic carbocycles. The standard InChI is InChI=1S/C8H12.6CH3.2Sn/c1-2-8-5-3-7(1)4-6-8;;;;;;;;/h1-6H2;6*1H3;;. The summed E-state index contributed by atoms with van der Waals surface area (Å²) in [6.07, 6.45) is 9.75. The fourth-order valence-corrected chi connectivity index (χ4v) is 19.4. The molecule has 0 aromatic carbocycles. The molecular formula is C14H30Sn2. The maximum atomic E-state index is 2.69. The van der Waals surface area contributed by atoms with Crippen LogP contribution in [0.25, 0.3) is 0 Å². The van der Waals surface area contributed by atoms with Crippen molar-refractivity contribution >= 4 is 36.8 Å². The van der Waals surface area contributed by atoms with Crippen LogP contribution in [0.3, 0.4) is 0 Å². The van der Waals surface area contributed by atoms with Crippen molar-refractivity contribution in [1.82, 2.24) is 0 Å². The quantitative estimate of drug-likeness (QED) is 0.502. The molecule has 0 aromatic heterocycles. The van der Waals surface area contributed by atoms with Crippen molar-refractivity contribution in [1.29, 1.82) is 0 Å². The van der Waals surface area contributed by atoms with Gasteiger partial charge < -0.3 is 0 Å². The molecule has 0 atom stereocenters. The van der Waals surface area contributed by atoms with Crippen molar-refractivity contribution in [2.75, 3.05) is 0 Å². The monoisotopic (exact) mass is 438 g/mol. The summed E-state index contributed by atoms with van der Waals surface area (Å²) < 4.78 is 1.82. The Morgan fingerprint density at radius 2 is 0.688 bits per heavy atom. The summed E-state index contributed by atoms with van der Waals surface area (Å²) in [5.74, 6) is 0. The number of hydrogen-bond acceptors (Lipinski definition) is 0. The second-order valence-corrected chi connectivity index (χ2v) is 40.3. The first-order valence-corrected chi connectivity index (χ1v) is 27.1. The number of rotatable bonds is 2. The first kappa shape index (κ1) is 14.0. The second kappa shape index (κ2) is 4.04. The van der Waals surface area contributed by atoms with Gasteiger partial charge in [0.2, 0.25) is 0 Å². The molecule has 3 fully saturated rings. The van der Waals surface area contributed by atoms with Crippen LogP contribution in [0.15, 0.2) is 0 Å². The third kappa shape index (κ3) is 2.02. The Morgan fingerprint density at radius 3 is 0.812 bits per heavy atom. The van der Waals surface area contributed by atoms with E-state index >= 15 is 0 Å². The Balaban J connectivity index is 2.22. The van der Waals surface area contributed by atoms with Gasteiger partial charge in [0.1, 0.15) is 0 Å². The van der Waals surface area contributed by atoms with Crippen LogP contribution >= 0.6 is 0 Å². The van der Waals surface area contributed by atoms with Crippen molar-refractivity contribution in [2.24, 2.45) is 0 Å². The van der Waals surface area contributed by atoms with Crippen molar-refractivity contribution in [3.63, 3.8) is 0 Å². The predicted octanol–water partition coefficient (Wildman–Crippen LogP) is 5.51. The van der Waals surface area contributed by atoms with Gasteiger partial charge in [0.25, 0.3) is 0 Å². The SMILES string of the molecule is [CH3][Sn]([CH3])([CH3])[C]12CC[C]([Sn]([CH3])([CH3])[CH3])(CC1)CC2. The Bertz CT molecular complexity index is 226. The van der Waals surface area contributed by atoms with E-state index in [-0.39, 0.29) is 0 Å². The molecule has 3 saturated carbocycles. The van der Waals surface area contributed by atoms with Crippen LogP contribution < -0.4 is 0 Å². The van der Waals surface area contributed by atoms with E-state index in [1.54, 1.807) is 38.5 Å². The number of hydrogen-bond donors (Lipinski definition) is 0. The molecule has 0 amide bonds. The van der Waals surface area contributed by atoms with Crippen LogP contribution in [0.4, 0.5) is 0 Å². The van der Waals surface area contributed by atoms with E-state index in [1.807, 2.05) is 0 Å². The van der Waals surface area contributed by atoms with Gasteiger partial charge in [0.15, 0.2) is 0 Å². The molecule has 94 valence electrons. The van der Waals surface area contributed by atoms with Gasteiger partial charge in [-0.1, -0.05) is 0 Å². The molecule has 2 bridgehead atoms. The first-order chi connectivity index (χ1) is 7.12. The summed E-state index contributed by atoms with van der Waals surface area (Å²) in [6, 6.07) is 0. The molecule has 3 rings (SSSR count). The molecule has 0 nitrogen and oxygen atoms in total. The molecule has 0 aromatic rings. The zero-order chi connectivity index (χ0) is 12.2. The third-order valence-electron chi connectivity index (χ3n) is 6.43. The van der Waals surface area contributed by atoms with Crippen molar-refractivity contribution in [3.8, 4) is 0 Å². The van der Waals surface area contributed by atoms with Gasteiger partial charge in [-0.15, -0.1) is 0 Å². The summed E-state index contributed by atoms with van der Waals surface area (Å²) in [4.78, 5) is 16.1. The Hall–Kier alpha value is 1.60. The van der Waals surface area contributed by atoms with Crippen LogP contribution in [-0.4, -0.2) is 36.8 Å². The normalized spacial score (nSPS) is 40.1. The predicted molar refractivity (Wildman–Crippen MR) is 79.8 cm³/mol. The fourth-order valence-electron chi connectivity index (χ4n) is 4.44. The van der Waals surface area contributed by atoms with E-state index in [1.165, 1.54) is 0 Å². The van der Waals surface area contributed by atoms with E-state index < -0.39 is 36.8 Å². The fraction of sp³-hybridized carbons (Fsp3) is 1.00. The van der Waals surface area contributed by atoms with Gasteiger partial charge in [0, 0.05) is 0 Å². The summed E-state index contributed by atoms with van der Waals surface area (Å²) in [7, 11) is 0. The molecule has 0 heterocycles. The molecule has 0 radical (unpaired) electrons. The van der Waals surface area contributed by atoms with E-state index in [0.717, 1.165) is 6.86 Å². The van der Waals surface area contributed by atoms with Gasteiger partial charge in [-0.3, -0.25) is 0 Å². The molecule has 0 aliphatic heterocycles.